The highest BCUT2D eigenvalue weighted by Gasteiger charge is 2.11. The van der Waals surface area contributed by atoms with E-state index in [0.717, 1.165) is 12.0 Å². The normalized spacial score (nSPS) is 11.8. The number of hydrogen-bond donors (Lipinski definition) is 1. The molecule has 0 aliphatic carbocycles. The molecule has 1 atom stereocenters. The molecule has 1 unspecified atom stereocenters. The van der Waals surface area contributed by atoms with E-state index in [2.05, 4.69) is 6.07 Å². The summed E-state index contributed by atoms with van der Waals surface area (Å²) in [4.78, 5) is 11.3. The molecule has 0 saturated heterocycles. The highest BCUT2D eigenvalue weighted by Crippen LogP contribution is 2.23. The average Bonchev–Trinajstić information content (AvgIpc) is 2.21. The predicted octanol–water partition coefficient (Wildman–Crippen LogP) is 2.49. The number of Topliss-reactive ketones (excluding diaryl/α,β-unsaturated/α-hetero) is 1. The van der Waals surface area contributed by atoms with Gasteiger partial charge in [0.2, 0.25) is 0 Å². The number of nitriles is 1. The Kier molecular flexibility index (Phi) is 3.46. The first-order valence-electron chi connectivity index (χ1n) is 4.90. The van der Waals surface area contributed by atoms with E-state index in [1.807, 2.05) is 6.92 Å². The molecule has 0 spiro atoms. The minimum atomic E-state index is -0.163. The summed E-state index contributed by atoms with van der Waals surface area (Å²) in [6.07, 6.45) is 0.734. The third-order valence-electron chi connectivity index (χ3n) is 2.42. The highest BCUT2D eigenvalue weighted by atomic mass is 16.1. The standard InChI is InChI=1S/C12H14N2O/c1-3-9(7-13)10-4-5-12(14)11(6-10)8(2)15/h4-6,9H,3,14H2,1-2H3. The van der Waals surface area contributed by atoms with Gasteiger partial charge in [-0.3, -0.25) is 4.79 Å². The van der Waals surface area contributed by atoms with Crippen LogP contribution in [0.15, 0.2) is 18.2 Å². The van der Waals surface area contributed by atoms with Gasteiger partial charge in [0.15, 0.2) is 5.78 Å². The molecular formula is C12H14N2O. The molecule has 1 aromatic carbocycles. The lowest BCUT2D eigenvalue weighted by Crippen LogP contribution is -2.02. The number of carbonyl (C=O) groups is 1. The van der Waals surface area contributed by atoms with Crippen LogP contribution in [-0.4, -0.2) is 5.78 Å². The van der Waals surface area contributed by atoms with E-state index in [1.54, 1.807) is 18.2 Å². The summed E-state index contributed by atoms with van der Waals surface area (Å²) >= 11 is 0. The minimum Gasteiger partial charge on any atom is -0.398 e. The molecule has 2 N–H and O–H groups in total. The third-order valence-corrected chi connectivity index (χ3v) is 2.42. The maximum Gasteiger partial charge on any atom is 0.161 e. The van der Waals surface area contributed by atoms with Crippen molar-refractivity contribution in [1.82, 2.24) is 0 Å². The maximum atomic E-state index is 11.3. The van der Waals surface area contributed by atoms with Gasteiger partial charge in [0, 0.05) is 11.3 Å². The fraction of sp³-hybridized carbons (Fsp3) is 0.333. The Morgan fingerprint density at radius 2 is 2.27 bits per heavy atom. The number of nitrogens with two attached hydrogens (primary N) is 1. The summed E-state index contributed by atoms with van der Waals surface area (Å²) in [6.45, 7) is 3.42. The summed E-state index contributed by atoms with van der Waals surface area (Å²) in [7, 11) is 0. The molecular weight excluding hydrogens is 188 g/mol. The molecule has 3 nitrogen and oxygen atoms in total. The average molecular weight is 202 g/mol. The number of hydrogen-bond acceptors (Lipinski definition) is 3. The van der Waals surface area contributed by atoms with Gasteiger partial charge in [0.25, 0.3) is 0 Å². The van der Waals surface area contributed by atoms with Crippen LogP contribution in [0.5, 0.6) is 0 Å². The molecule has 3 heteroatoms. The predicted molar refractivity (Wildman–Crippen MR) is 59.5 cm³/mol. The first kappa shape index (κ1) is 11.3. The quantitative estimate of drug-likeness (QED) is 0.604. The van der Waals surface area contributed by atoms with Crippen molar-refractivity contribution in [3.63, 3.8) is 0 Å². The molecule has 0 fully saturated rings. The van der Waals surface area contributed by atoms with Crippen LogP contribution in [0.25, 0.3) is 0 Å². The first-order chi connectivity index (χ1) is 7.10. The van der Waals surface area contributed by atoms with E-state index in [0.29, 0.717) is 11.3 Å². The SMILES string of the molecule is CCC(C#N)c1ccc(N)c(C(C)=O)c1. The van der Waals surface area contributed by atoms with Crippen LogP contribution in [0.3, 0.4) is 0 Å². The number of ketones is 1. The van der Waals surface area contributed by atoms with Gasteiger partial charge in [-0.1, -0.05) is 13.0 Å². The van der Waals surface area contributed by atoms with Crippen molar-refractivity contribution in [2.75, 3.05) is 5.73 Å². The van der Waals surface area contributed by atoms with Crippen molar-refractivity contribution >= 4 is 11.5 Å². The lowest BCUT2D eigenvalue weighted by Gasteiger charge is -2.09. The lowest BCUT2D eigenvalue weighted by atomic mass is 9.95. The van der Waals surface area contributed by atoms with Gasteiger partial charge in [-0.25, -0.2) is 0 Å². The summed E-state index contributed by atoms with van der Waals surface area (Å²) in [6, 6.07) is 7.41. The zero-order valence-corrected chi connectivity index (χ0v) is 8.95. The fourth-order valence-electron chi connectivity index (χ4n) is 1.50. The van der Waals surface area contributed by atoms with Crippen molar-refractivity contribution in [2.24, 2.45) is 0 Å². The molecule has 1 aromatic rings. The number of anilines is 1. The molecule has 0 saturated carbocycles. The van der Waals surface area contributed by atoms with Crippen molar-refractivity contribution in [1.29, 1.82) is 5.26 Å². The van der Waals surface area contributed by atoms with Gasteiger partial charge < -0.3 is 5.73 Å². The Morgan fingerprint density at radius 1 is 1.60 bits per heavy atom. The van der Waals surface area contributed by atoms with Crippen molar-refractivity contribution < 1.29 is 4.79 Å². The Morgan fingerprint density at radius 3 is 2.73 bits per heavy atom. The van der Waals surface area contributed by atoms with Crippen LogP contribution in [-0.2, 0) is 0 Å². The zero-order valence-electron chi connectivity index (χ0n) is 8.95. The monoisotopic (exact) mass is 202 g/mol. The van der Waals surface area contributed by atoms with Gasteiger partial charge in [-0.15, -0.1) is 0 Å². The van der Waals surface area contributed by atoms with E-state index < -0.39 is 0 Å². The van der Waals surface area contributed by atoms with Crippen LogP contribution in [0.1, 0.15) is 42.1 Å². The molecule has 0 bridgehead atoms. The van der Waals surface area contributed by atoms with Gasteiger partial charge in [0.1, 0.15) is 0 Å². The zero-order chi connectivity index (χ0) is 11.4. The number of nitrogen functional groups attached to an aromatic ring is 1. The summed E-state index contributed by atoms with van der Waals surface area (Å²) in [5.41, 5.74) is 7.50. The second kappa shape index (κ2) is 4.61. The lowest BCUT2D eigenvalue weighted by molar-refractivity contribution is 0.101. The Hall–Kier alpha value is -1.82. The number of nitrogens with zero attached hydrogens (tertiary/aromatic N) is 1. The third kappa shape index (κ3) is 2.35. The van der Waals surface area contributed by atoms with Gasteiger partial charge >= 0.3 is 0 Å². The molecule has 78 valence electrons. The van der Waals surface area contributed by atoms with Crippen LogP contribution < -0.4 is 5.73 Å². The first-order valence-corrected chi connectivity index (χ1v) is 4.90. The van der Waals surface area contributed by atoms with Crippen LogP contribution in [0, 0.1) is 11.3 Å². The summed E-state index contributed by atoms with van der Waals surface area (Å²) < 4.78 is 0. The molecule has 1 rings (SSSR count). The van der Waals surface area contributed by atoms with Crippen molar-refractivity contribution in [3.05, 3.63) is 29.3 Å². The van der Waals surface area contributed by atoms with Crippen LogP contribution in [0.4, 0.5) is 5.69 Å². The van der Waals surface area contributed by atoms with E-state index in [1.165, 1.54) is 6.92 Å². The number of benzene rings is 1. The summed E-state index contributed by atoms with van der Waals surface area (Å²) in [5.74, 6) is -0.231. The minimum absolute atomic E-state index is 0.0675. The number of rotatable bonds is 3. The smallest absolute Gasteiger partial charge is 0.161 e. The van der Waals surface area contributed by atoms with Gasteiger partial charge in [-0.2, -0.15) is 5.26 Å². The largest absolute Gasteiger partial charge is 0.398 e. The van der Waals surface area contributed by atoms with E-state index in [4.69, 9.17) is 11.0 Å². The van der Waals surface area contributed by atoms with Crippen LogP contribution >= 0.6 is 0 Å². The van der Waals surface area contributed by atoms with E-state index in [9.17, 15) is 4.79 Å². The Balaban J connectivity index is 3.19. The van der Waals surface area contributed by atoms with E-state index >= 15 is 0 Å². The van der Waals surface area contributed by atoms with Crippen LogP contribution in [0.2, 0.25) is 0 Å². The maximum absolute atomic E-state index is 11.3. The van der Waals surface area contributed by atoms with Gasteiger partial charge in [0.05, 0.1) is 12.0 Å². The molecule has 0 aliphatic heterocycles. The summed E-state index contributed by atoms with van der Waals surface area (Å²) in [5, 5.41) is 8.91. The van der Waals surface area contributed by atoms with Crippen molar-refractivity contribution in [2.45, 2.75) is 26.2 Å². The fourth-order valence-corrected chi connectivity index (χ4v) is 1.50. The molecule has 0 amide bonds. The number of carbonyl (C=O) groups excluding carboxylic acids is 1. The second-order valence-corrected chi connectivity index (χ2v) is 3.49. The molecule has 0 radical (unpaired) electrons. The second-order valence-electron chi connectivity index (χ2n) is 3.49. The van der Waals surface area contributed by atoms with E-state index in [-0.39, 0.29) is 11.7 Å². The van der Waals surface area contributed by atoms with Gasteiger partial charge in [-0.05, 0) is 31.0 Å². The molecule has 0 aromatic heterocycles. The Bertz CT molecular complexity index is 418. The van der Waals surface area contributed by atoms with Crippen molar-refractivity contribution in [3.8, 4) is 6.07 Å². The Labute approximate surface area is 89.5 Å². The molecule has 15 heavy (non-hydrogen) atoms. The molecule has 0 heterocycles. The topological polar surface area (TPSA) is 66.9 Å². The highest BCUT2D eigenvalue weighted by molar-refractivity contribution is 5.99. The molecule has 0 aliphatic rings.